The molecule has 2 rings (SSSR count). The molecule has 0 aromatic heterocycles. The third kappa shape index (κ3) is 2.89. The van der Waals surface area contributed by atoms with E-state index >= 15 is 0 Å². The molecule has 1 aliphatic rings. The Morgan fingerprint density at radius 1 is 1.39 bits per heavy atom. The predicted octanol–water partition coefficient (Wildman–Crippen LogP) is 3.77. The fourth-order valence-electron chi connectivity index (χ4n) is 2.24. The Balaban J connectivity index is 2.31. The van der Waals surface area contributed by atoms with E-state index in [2.05, 4.69) is 0 Å². The minimum absolute atomic E-state index is 0.0101. The number of Topliss-reactive ketones (excluding diaryl/α,β-unsaturated/α-hetero) is 1. The van der Waals surface area contributed by atoms with E-state index in [0.717, 1.165) is 24.8 Å². The lowest BCUT2D eigenvalue weighted by Crippen LogP contribution is -2.06. The molecule has 1 heterocycles. The van der Waals surface area contributed by atoms with E-state index < -0.39 is 5.82 Å². The van der Waals surface area contributed by atoms with Crippen molar-refractivity contribution in [2.75, 3.05) is 6.61 Å². The van der Waals surface area contributed by atoms with Gasteiger partial charge in [-0.1, -0.05) is 13.8 Å². The number of halogens is 1. The number of ketones is 1. The molecule has 3 heteroatoms. The maximum atomic E-state index is 13.9. The number of carbonyl (C=O) groups is 1. The van der Waals surface area contributed by atoms with E-state index in [1.165, 1.54) is 6.07 Å². The summed E-state index contributed by atoms with van der Waals surface area (Å²) < 4.78 is 19.3. The van der Waals surface area contributed by atoms with Gasteiger partial charge in [-0.05, 0) is 42.9 Å². The van der Waals surface area contributed by atoms with Crippen molar-refractivity contribution in [2.24, 2.45) is 5.92 Å². The number of ether oxygens (including phenoxy) is 1. The highest BCUT2D eigenvalue weighted by Gasteiger charge is 2.18. The summed E-state index contributed by atoms with van der Waals surface area (Å²) in [6.45, 7) is 4.53. The highest BCUT2D eigenvalue weighted by molar-refractivity contribution is 5.96. The van der Waals surface area contributed by atoms with Crippen LogP contribution in [0.2, 0.25) is 0 Å². The Morgan fingerprint density at radius 3 is 2.89 bits per heavy atom. The number of rotatable bonds is 3. The quantitative estimate of drug-likeness (QED) is 0.763. The number of benzene rings is 1. The Bertz CT molecular complexity index is 452. The van der Waals surface area contributed by atoms with Gasteiger partial charge < -0.3 is 4.74 Å². The van der Waals surface area contributed by atoms with Gasteiger partial charge >= 0.3 is 0 Å². The summed E-state index contributed by atoms with van der Waals surface area (Å²) in [4.78, 5) is 12.0. The molecule has 0 N–H and O–H groups in total. The van der Waals surface area contributed by atoms with Crippen LogP contribution < -0.4 is 4.74 Å². The van der Waals surface area contributed by atoms with Crippen LogP contribution in [0.1, 0.15) is 49.0 Å². The Labute approximate surface area is 107 Å². The lowest BCUT2D eigenvalue weighted by atomic mass is 9.97. The summed E-state index contributed by atoms with van der Waals surface area (Å²) in [5, 5.41) is 0. The number of fused-ring (bicyclic) bond motifs is 1. The van der Waals surface area contributed by atoms with E-state index in [9.17, 15) is 9.18 Å². The Hall–Kier alpha value is -1.38. The molecule has 0 atom stereocenters. The zero-order valence-corrected chi connectivity index (χ0v) is 11.0. The first-order chi connectivity index (χ1) is 8.58. The number of hydrogen-bond acceptors (Lipinski definition) is 2. The Morgan fingerprint density at radius 2 is 2.17 bits per heavy atom. The van der Waals surface area contributed by atoms with Gasteiger partial charge in [0.2, 0.25) is 0 Å². The van der Waals surface area contributed by atoms with Crippen molar-refractivity contribution in [3.8, 4) is 5.75 Å². The molecule has 0 bridgehead atoms. The second-order valence-electron chi connectivity index (χ2n) is 5.27. The van der Waals surface area contributed by atoms with Gasteiger partial charge in [0.1, 0.15) is 0 Å². The largest absolute Gasteiger partial charge is 0.490 e. The molecule has 1 aromatic rings. The highest BCUT2D eigenvalue weighted by Crippen LogP contribution is 2.29. The normalized spacial score (nSPS) is 14.9. The zero-order chi connectivity index (χ0) is 13.1. The zero-order valence-electron chi connectivity index (χ0n) is 11.0. The lowest BCUT2D eigenvalue weighted by Gasteiger charge is -2.11. The molecule has 0 unspecified atom stereocenters. The van der Waals surface area contributed by atoms with Crippen molar-refractivity contribution < 1.29 is 13.9 Å². The van der Waals surface area contributed by atoms with Crippen molar-refractivity contribution in [3.63, 3.8) is 0 Å². The van der Waals surface area contributed by atoms with Crippen molar-refractivity contribution in [1.29, 1.82) is 0 Å². The number of aryl methyl sites for hydroxylation is 1. The van der Waals surface area contributed by atoms with Crippen molar-refractivity contribution in [3.05, 3.63) is 29.1 Å². The first-order valence-corrected chi connectivity index (χ1v) is 6.56. The highest BCUT2D eigenvalue weighted by atomic mass is 19.1. The van der Waals surface area contributed by atoms with Gasteiger partial charge in [0.05, 0.1) is 6.61 Å². The standard InChI is InChI=1S/C15H19FO2/c1-10(2)7-14(17)12-8-11-5-3-4-6-18-15(11)13(16)9-12/h8-10H,3-7H2,1-2H3. The molecule has 0 saturated carbocycles. The molecule has 0 saturated heterocycles. The van der Waals surface area contributed by atoms with E-state index in [1.807, 2.05) is 13.8 Å². The fraction of sp³-hybridized carbons (Fsp3) is 0.533. The second kappa shape index (κ2) is 5.51. The first-order valence-electron chi connectivity index (χ1n) is 6.56. The van der Waals surface area contributed by atoms with Gasteiger partial charge in [0.15, 0.2) is 17.3 Å². The van der Waals surface area contributed by atoms with Crippen LogP contribution in [-0.4, -0.2) is 12.4 Å². The lowest BCUT2D eigenvalue weighted by molar-refractivity contribution is 0.0967. The molecule has 0 fully saturated rings. The summed E-state index contributed by atoms with van der Waals surface area (Å²) >= 11 is 0. The summed E-state index contributed by atoms with van der Waals surface area (Å²) in [6, 6.07) is 3.11. The van der Waals surface area contributed by atoms with Gasteiger partial charge in [0, 0.05) is 12.0 Å². The number of carbonyl (C=O) groups excluding carboxylic acids is 1. The van der Waals surface area contributed by atoms with Crippen molar-refractivity contribution in [2.45, 2.75) is 39.5 Å². The SMILES string of the molecule is CC(C)CC(=O)c1cc(F)c2c(c1)CCCCO2. The van der Waals surface area contributed by atoms with Crippen LogP contribution in [0.4, 0.5) is 4.39 Å². The molecule has 2 nitrogen and oxygen atoms in total. The van der Waals surface area contributed by atoms with Crippen molar-refractivity contribution in [1.82, 2.24) is 0 Å². The third-order valence-corrected chi connectivity index (χ3v) is 3.12. The van der Waals surface area contributed by atoms with Gasteiger partial charge in [-0.15, -0.1) is 0 Å². The summed E-state index contributed by atoms with van der Waals surface area (Å²) in [5.74, 6) is 0.238. The molecule has 0 aliphatic carbocycles. The second-order valence-corrected chi connectivity index (χ2v) is 5.27. The van der Waals surface area contributed by atoms with Crippen molar-refractivity contribution >= 4 is 5.78 Å². The fourth-order valence-corrected chi connectivity index (χ4v) is 2.24. The van der Waals surface area contributed by atoms with Gasteiger partial charge in [-0.2, -0.15) is 0 Å². The summed E-state index contributed by atoms with van der Waals surface area (Å²) in [5.41, 5.74) is 1.31. The monoisotopic (exact) mass is 250 g/mol. The maximum Gasteiger partial charge on any atom is 0.166 e. The van der Waals surface area contributed by atoms with E-state index in [1.54, 1.807) is 6.07 Å². The minimum atomic E-state index is -0.401. The average molecular weight is 250 g/mol. The van der Waals surface area contributed by atoms with Crippen LogP contribution in [0.3, 0.4) is 0 Å². The van der Waals surface area contributed by atoms with Crippen LogP contribution in [0, 0.1) is 11.7 Å². The first kappa shape index (κ1) is 13.1. The van der Waals surface area contributed by atoms with Crippen LogP contribution in [0.15, 0.2) is 12.1 Å². The summed E-state index contributed by atoms with van der Waals surface area (Å²) in [6.07, 6.45) is 3.16. The average Bonchev–Trinajstić information content (AvgIpc) is 2.53. The van der Waals surface area contributed by atoms with Crippen LogP contribution in [0.5, 0.6) is 5.75 Å². The molecule has 0 spiro atoms. The molecule has 0 amide bonds. The molecular weight excluding hydrogens is 231 g/mol. The van der Waals surface area contributed by atoms with Gasteiger partial charge in [-0.25, -0.2) is 4.39 Å². The van der Waals surface area contributed by atoms with Gasteiger partial charge in [-0.3, -0.25) is 4.79 Å². The van der Waals surface area contributed by atoms with Crippen LogP contribution >= 0.6 is 0 Å². The smallest absolute Gasteiger partial charge is 0.166 e. The van der Waals surface area contributed by atoms with E-state index in [0.29, 0.717) is 24.3 Å². The predicted molar refractivity (Wildman–Crippen MR) is 68.6 cm³/mol. The van der Waals surface area contributed by atoms with E-state index in [4.69, 9.17) is 4.74 Å². The maximum absolute atomic E-state index is 13.9. The third-order valence-electron chi connectivity index (χ3n) is 3.12. The topological polar surface area (TPSA) is 26.3 Å². The molecule has 1 aliphatic heterocycles. The molecular formula is C15H19FO2. The van der Waals surface area contributed by atoms with E-state index in [-0.39, 0.29) is 11.7 Å². The minimum Gasteiger partial charge on any atom is -0.490 e. The molecule has 1 aromatic carbocycles. The molecule has 0 radical (unpaired) electrons. The van der Waals surface area contributed by atoms with Crippen LogP contribution in [0.25, 0.3) is 0 Å². The van der Waals surface area contributed by atoms with Crippen LogP contribution in [-0.2, 0) is 6.42 Å². The van der Waals surface area contributed by atoms with Gasteiger partial charge in [0.25, 0.3) is 0 Å². The molecule has 98 valence electrons. The Kier molecular flexibility index (Phi) is 4.00. The number of hydrogen-bond donors (Lipinski definition) is 0. The molecule has 18 heavy (non-hydrogen) atoms. The summed E-state index contributed by atoms with van der Waals surface area (Å²) in [7, 11) is 0.